The van der Waals surface area contributed by atoms with Crippen molar-refractivity contribution in [3.8, 4) is 0 Å². The van der Waals surface area contributed by atoms with E-state index in [4.69, 9.17) is 28.3 Å². The van der Waals surface area contributed by atoms with Crippen molar-refractivity contribution < 1.29 is 14.7 Å². The zero-order valence-electron chi connectivity index (χ0n) is 13.9. The summed E-state index contributed by atoms with van der Waals surface area (Å²) in [6.45, 7) is 3.28. The number of aromatic nitrogens is 2. The van der Waals surface area contributed by atoms with Crippen LogP contribution in [0.2, 0.25) is 10.0 Å². The highest BCUT2D eigenvalue weighted by molar-refractivity contribution is 6.35. The average molecular weight is 397 g/mol. The van der Waals surface area contributed by atoms with Gasteiger partial charge >= 0.3 is 5.97 Å². The molecule has 0 saturated carbocycles. The maximum Gasteiger partial charge on any atom is 0.338 e. The lowest BCUT2D eigenvalue weighted by molar-refractivity contribution is -0.133. The van der Waals surface area contributed by atoms with Crippen molar-refractivity contribution in [3.63, 3.8) is 0 Å². The van der Waals surface area contributed by atoms with Gasteiger partial charge in [-0.2, -0.15) is 5.10 Å². The van der Waals surface area contributed by atoms with Gasteiger partial charge in [0.25, 0.3) is 0 Å². The van der Waals surface area contributed by atoms with Gasteiger partial charge in [-0.25, -0.2) is 4.79 Å². The fourth-order valence-electron chi connectivity index (χ4n) is 2.86. The predicted octanol–water partition coefficient (Wildman–Crippen LogP) is 2.23. The van der Waals surface area contributed by atoms with Gasteiger partial charge in [0.15, 0.2) is 0 Å². The normalized spacial score (nSPS) is 15.2. The fourth-order valence-corrected chi connectivity index (χ4v) is 3.38. The first-order valence-electron chi connectivity index (χ1n) is 8.13. The largest absolute Gasteiger partial charge is 0.478 e. The molecule has 9 heteroatoms. The molecule has 0 radical (unpaired) electrons. The number of carboxylic acids is 1. The van der Waals surface area contributed by atoms with Crippen LogP contribution in [0, 0.1) is 0 Å². The summed E-state index contributed by atoms with van der Waals surface area (Å²) in [7, 11) is 0. The summed E-state index contributed by atoms with van der Waals surface area (Å²) in [4.78, 5) is 27.2. The number of halogens is 2. The molecule has 1 saturated heterocycles. The molecule has 1 N–H and O–H groups in total. The quantitative estimate of drug-likeness (QED) is 0.837. The first-order chi connectivity index (χ1) is 12.4. The molecule has 0 atom stereocenters. The first-order valence-corrected chi connectivity index (χ1v) is 8.88. The van der Waals surface area contributed by atoms with Crippen LogP contribution in [0.15, 0.2) is 30.6 Å². The molecule has 138 valence electrons. The highest BCUT2D eigenvalue weighted by atomic mass is 35.5. The molecule has 1 aliphatic rings. The van der Waals surface area contributed by atoms with Crippen LogP contribution in [0.5, 0.6) is 0 Å². The first kappa shape index (κ1) is 18.7. The van der Waals surface area contributed by atoms with Crippen molar-refractivity contribution in [3.05, 3.63) is 51.8 Å². The van der Waals surface area contributed by atoms with Crippen molar-refractivity contribution in [1.29, 1.82) is 0 Å². The van der Waals surface area contributed by atoms with E-state index < -0.39 is 5.97 Å². The standard InChI is InChI=1S/C17H18Cl2N4O3/c18-14-2-1-3-15(19)13(14)10-21-4-6-22(7-5-21)16(24)11-23-9-12(8-20-23)17(25)26/h1-3,8-9H,4-7,10-11H2,(H,25,26). The lowest BCUT2D eigenvalue weighted by Gasteiger charge is -2.35. The molecule has 0 unspecified atom stereocenters. The van der Waals surface area contributed by atoms with Gasteiger partial charge in [-0.15, -0.1) is 0 Å². The van der Waals surface area contributed by atoms with Crippen LogP contribution in [0.4, 0.5) is 0 Å². The Bertz CT molecular complexity index is 796. The van der Waals surface area contributed by atoms with E-state index in [-0.39, 0.29) is 18.0 Å². The highest BCUT2D eigenvalue weighted by Gasteiger charge is 2.22. The number of carbonyl (C=O) groups is 2. The Labute approximate surface area is 160 Å². The summed E-state index contributed by atoms with van der Waals surface area (Å²) >= 11 is 12.4. The second-order valence-electron chi connectivity index (χ2n) is 6.09. The molecule has 1 aliphatic heterocycles. The fraction of sp³-hybridized carbons (Fsp3) is 0.353. The predicted molar refractivity (Wildman–Crippen MR) is 97.5 cm³/mol. The van der Waals surface area contributed by atoms with Crippen molar-refractivity contribution in [2.45, 2.75) is 13.1 Å². The summed E-state index contributed by atoms with van der Waals surface area (Å²) < 4.78 is 1.35. The van der Waals surface area contributed by atoms with Gasteiger partial charge < -0.3 is 10.0 Å². The van der Waals surface area contributed by atoms with Crippen LogP contribution in [-0.4, -0.2) is 62.7 Å². The maximum absolute atomic E-state index is 12.4. The Morgan fingerprint density at radius 2 is 1.77 bits per heavy atom. The van der Waals surface area contributed by atoms with Crippen molar-refractivity contribution >= 4 is 35.1 Å². The van der Waals surface area contributed by atoms with Crippen LogP contribution in [0.25, 0.3) is 0 Å². The smallest absolute Gasteiger partial charge is 0.338 e. The van der Waals surface area contributed by atoms with E-state index in [0.717, 1.165) is 5.56 Å². The van der Waals surface area contributed by atoms with E-state index in [9.17, 15) is 9.59 Å². The lowest BCUT2D eigenvalue weighted by atomic mass is 10.2. The monoisotopic (exact) mass is 396 g/mol. The number of nitrogens with zero attached hydrogens (tertiary/aromatic N) is 4. The Morgan fingerprint density at radius 1 is 1.12 bits per heavy atom. The molecule has 0 bridgehead atoms. The molecular weight excluding hydrogens is 379 g/mol. The number of hydrogen-bond donors (Lipinski definition) is 1. The molecule has 1 amide bonds. The zero-order chi connectivity index (χ0) is 18.7. The number of benzene rings is 1. The van der Waals surface area contributed by atoms with Crippen LogP contribution in [-0.2, 0) is 17.9 Å². The molecule has 3 rings (SSSR count). The van der Waals surface area contributed by atoms with Gasteiger partial charge in [0.2, 0.25) is 5.91 Å². The van der Waals surface area contributed by atoms with Crippen LogP contribution in [0.3, 0.4) is 0 Å². The number of aromatic carboxylic acids is 1. The third kappa shape index (κ3) is 4.35. The van der Waals surface area contributed by atoms with E-state index in [0.29, 0.717) is 42.8 Å². The summed E-state index contributed by atoms with van der Waals surface area (Å²) in [5.74, 6) is -1.14. The third-order valence-corrected chi connectivity index (χ3v) is 5.05. The number of carbonyl (C=O) groups excluding carboxylic acids is 1. The second kappa shape index (κ2) is 8.07. The number of rotatable bonds is 5. The van der Waals surface area contributed by atoms with Crippen molar-refractivity contribution in [2.75, 3.05) is 26.2 Å². The summed E-state index contributed by atoms with van der Waals surface area (Å²) in [6, 6.07) is 5.45. The van der Waals surface area contributed by atoms with Crippen LogP contribution >= 0.6 is 23.2 Å². The molecule has 7 nitrogen and oxygen atoms in total. The summed E-state index contributed by atoms with van der Waals surface area (Å²) in [5.41, 5.74) is 0.965. The molecule has 2 aromatic rings. The van der Waals surface area contributed by atoms with Gasteiger partial charge in [-0.1, -0.05) is 29.3 Å². The van der Waals surface area contributed by atoms with E-state index in [1.54, 1.807) is 4.90 Å². The lowest BCUT2D eigenvalue weighted by Crippen LogP contribution is -2.49. The number of carboxylic acid groups (broad SMARTS) is 1. The van der Waals surface area contributed by atoms with Crippen molar-refractivity contribution in [1.82, 2.24) is 19.6 Å². The molecule has 0 aliphatic carbocycles. The minimum absolute atomic E-state index is 0.0314. The van der Waals surface area contributed by atoms with Gasteiger partial charge in [-0.05, 0) is 12.1 Å². The Morgan fingerprint density at radius 3 is 2.35 bits per heavy atom. The van der Waals surface area contributed by atoms with Crippen LogP contribution < -0.4 is 0 Å². The maximum atomic E-state index is 12.4. The Hall–Kier alpha value is -2.09. The average Bonchev–Trinajstić information content (AvgIpc) is 3.07. The highest BCUT2D eigenvalue weighted by Crippen LogP contribution is 2.26. The SMILES string of the molecule is O=C(O)c1cnn(CC(=O)N2CCN(Cc3c(Cl)cccc3Cl)CC2)c1. The molecule has 26 heavy (non-hydrogen) atoms. The van der Waals surface area contributed by atoms with Gasteiger partial charge in [0.1, 0.15) is 6.54 Å². The van der Waals surface area contributed by atoms with Crippen LogP contribution in [0.1, 0.15) is 15.9 Å². The van der Waals surface area contributed by atoms with E-state index in [1.165, 1.54) is 17.1 Å². The summed E-state index contributed by atoms with van der Waals surface area (Å²) in [6.07, 6.45) is 2.59. The molecule has 1 aromatic heterocycles. The van der Waals surface area contributed by atoms with Gasteiger partial charge in [-0.3, -0.25) is 14.4 Å². The van der Waals surface area contributed by atoms with E-state index in [2.05, 4.69) is 10.00 Å². The molecule has 1 fully saturated rings. The Kier molecular flexibility index (Phi) is 5.80. The van der Waals surface area contributed by atoms with E-state index >= 15 is 0 Å². The molecule has 0 spiro atoms. The van der Waals surface area contributed by atoms with Crippen molar-refractivity contribution in [2.24, 2.45) is 0 Å². The zero-order valence-corrected chi connectivity index (χ0v) is 15.4. The number of hydrogen-bond acceptors (Lipinski definition) is 4. The second-order valence-corrected chi connectivity index (χ2v) is 6.90. The van der Waals surface area contributed by atoms with Gasteiger partial charge in [0.05, 0.1) is 11.8 Å². The molecular formula is C17H18Cl2N4O3. The van der Waals surface area contributed by atoms with E-state index in [1.807, 2.05) is 18.2 Å². The third-order valence-electron chi connectivity index (χ3n) is 4.35. The molecule has 2 heterocycles. The minimum Gasteiger partial charge on any atom is -0.478 e. The summed E-state index contributed by atoms with van der Waals surface area (Å²) in [5, 5.41) is 14.1. The van der Waals surface area contributed by atoms with Gasteiger partial charge in [0, 0.05) is 54.5 Å². The number of piperazine rings is 1. The molecule has 1 aromatic carbocycles. The number of amides is 1. The minimum atomic E-state index is -1.06. The topological polar surface area (TPSA) is 78.7 Å². The Balaban J connectivity index is 1.53.